The number of rotatable bonds is 4. The monoisotopic (exact) mass is 410 g/mol. The lowest BCUT2D eigenvalue weighted by molar-refractivity contribution is -0.115. The fraction of sp³-hybridized carbons (Fsp3) is 0.300. The summed E-state index contributed by atoms with van der Waals surface area (Å²) >= 11 is 1.54. The van der Waals surface area contributed by atoms with E-state index >= 15 is 0 Å². The Bertz CT molecular complexity index is 1100. The van der Waals surface area contributed by atoms with Gasteiger partial charge in [0.1, 0.15) is 12.1 Å². The van der Waals surface area contributed by atoms with Gasteiger partial charge in [-0.05, 0) is 60.7 Å². The maximum Gasteiger partial charge on any atom is 0.153 e. The zero-order valence-electron chi connectivity index (χ0n) is 15.8. The van der Waals surface area contributed by atoms with E-state index in [1.165, 1.54) is 28.9 Å². The van der Waals surface area contributed by atoms with Gasteiger partial charge in [0.25, 0.3) is 0 Å². The molecule has 1 aliphatic carbocycles. The van der Waals surface area contributed by atoms with E-state index in [1.807, 2.05) is 10.9 Å². The number of aromatic nitrogens is 5. The first-order chi connectivity index (χ1) is 14.1. The molecule has 3 heterocycles. The van der Waals surface area contributed by atoms with Gasteiger partial charge >= 0.3 is 0 Å². The van der Waals surface area contributed by atoms with Gasteiger partial charge in [-0.2, -0.15) is 15.0 Å². The molecule has 3 aromatic rings. The fourth-order valence-corrected chi connectivity index (χ4v) is 5.07. The van der Waals surface area contributed by atoms with Crippen LogP contribution in [0.15, 0.2) is 47.3 Å². The van der Waals surface area contributed by atoms with E-state index in [2.05, 4.69) is 25.7 Å². The van der Waals surface area contributed by atoms with Crippen LogP contribution < -0.4 is 0 Å². The molecule has 0 radical (unpaired) electrons. The predicted molar refractivity (Wildman–Crippen MR) is 107 cm³/mol. The van der Waals surface area contributed by atoms with Gasteiger partial charge in [-0.1, -0.05) is 5.57 Å². The Morgan fingerprint density at radius 1 is 1.21 bits per heavy atom. The van der Waals surface area contributed by atoms with Crippen molar-refractivity contribution in [2.24, 2.45) is 12.5 Å². The number of carbonyl (C=O) groups excluding carboxylic acids is 1. The van der Waals surface area contributed by atoms with Gasteiger partial charge in [-0.3, -0.25) is 0 Å². The Balaban J connectivity index is 1.45. The second-order valence-electron chi connectivity index (χ2n) is 7.44. The Labute approximate surface area is 171 Å². The minimum Gasteiger partial charge on any atom is -0.302 e. The SMILES string of the molecule is Cn1ncc(SN2CCC3=Cc4c(cnn4-c4ccc(F)cc4)CC3(C=O)C2)n1. The first-order valence-electron chi connectivity index (χ1n) is 9.36. The summed E-state index contributed by atoms with van der Waals surface area (Å²) in [5.41, 5.74) is 3.37. The Morgan fingerprint density at radius 2 is 2.03 bits per heavy atom. The molecule has 0 bridgehead atoms. The summed E-state index contributed by atoms with van der Waals surface area (Å²) in [6, 6.07) is 6.28. The van der Waals surface area contributed by atoms with Crippen molar-refractivity contribution in [3.8, 4) is 5.69 Å². The van der Waals surface area contributed by atoms with Gasteiger partial charge < -0.3 is 4.79 Å². The van der Waals surface area contributed by atoms with Crippen molar-refractivity contribution in [1.29, 1.82) is 0 Å². The molecule has 0 spiro atoms. The number of fused-ring (bicyclic) bond motifs is 2. The molecule has 5 rings (SSSR count). The molecule has 148 valence electrons. The maximum absolute atomic E-state index is 13.3. The summed E-state index contributed by atoms with van der Waals surface area (Å²) in [5.74, 6) is -0.277. The van der Waals surface area contributed by atoms with Crippen molar-refractivity contribution < 1.29 is 9.18 Å². The van der Waals surface area contributed by atoms with Crippen LogP contribution in [0.1, 0.15) is 17.7 Å². The van der Waals surface area contributed by atoms with Gasteiger partial charge in [-0.15, -0.1) is 5.10 Å². The first-order valence-corrected chi connectivity index (χ1v) is 10.1. The number of aldehydes is 1. The predicted octanol–water partition coefficient (Wildman–Crippen LogP) is 2.68. The van der Waals surface area contributed by atoms with Crippen LogP contribution in [0, 0.1) is 11.2 Å². The number of benzene rings is 1. The molecule has 1 aromatic carbocycles. The summed E-state index contributed by atoms with van der Waals surface area (Å²) in [7, 11) is 1.79. The summed E-state index contributed by atoms with van der Waals surface area (Å²) < 4.78 is 17.3. The fourth-order valence-electron chi connectivity index (χ4n) is 4.08. The van der Waals surface area contributed by atoms with Crippen LogP contribution in [-0.4, -0.2) is 48.5 Å². The van der Waals surface area contributed by atoms with E-state index in [9.17, 15) is 9.18 Å². The molecule has 1 unspecified atom stereocenters. The van der Waals surface area contributed by atoms with Crippen LogP contribution in [0.25, 0.3) is 11.8 Å². The molecule has 7 nitrogen and oxygen atoms in total. The third kappa shape index (κ3) is 3.20. The summed E-state index contributed by atoms with van der Waals surface area (Å²) in [5, 5.41) is 13.8. The molecule has 1 aliphatic heterocycles. The van der Waals surface area contributed by atoms with Crippen LogP contribution >= 0.6 is 11.9 Å². The van der Waals surface area contributed by atoms with Crippen LogP contribution in [0.3, 0.4) is 0 Å². The molecule has 1 fully saturated rings. The highest BCUT2D eigenvalue weighted by Crippen LogP contribution is 2.44. The van der Waals surface area contributed by atoms with E-state index in [4.69, 9.17) is 0 Å². The smallest absolute Gasteiger partial charge is 0.153 e. The number of aryl methyl sites for hydroxylation is 1. The van der Waals surface area contributed by atoms with E-state index < -0.39 is 5.41 Å². The van der Waals surface area contributed by atoms with E-state index in [0.717, 1.165) is 46.8 Å². The highest BCUT2D eigenvalue weighted by molar-refractivity contribution is 7.97. The normalized spacial score (nSPS) is 21.4. The molecule has 9 heteroatoms. The molecule has 0 amide bonds. The summed E-state index contributed by atoms with van der Waals surface area (Å²) in [6.45, 7) is 1.44. The highest BCUT2D eigenvalue weighted by atomic mass is 32.2. The Hall–Kier alpha value is -2.78. The number of halogens is 1. The molecule has 0 N–H and O–H groups in total. The van der Waals surface area contributed by atoms with Crippen LogP contribution in [0.2, 0.25) is 0 Å². The maximum atomic E-state index is 13.3. The van der Waals surface area contributed by atoms with Gasteiger partial charge in [0.15, 0.2) is 5.03 Å². The minimum atomic E-state index is -0.558. The summed E-state index contributed by atoms with van der Waals surface area (Å²) in [6.07, 6.45) is 8.12. The molecule has 0 saturated carbocycles. The number of carbonyl (C=O) groups is 1. The molecular formula is C20H19FN6OS. The van der Waals surface area contributed by atoms with E-state index in [-0.39, 0.29) is 5.82 Å². The standard InChI is InChI=1S/C20H19FN6OS/c1-25-22-11-19(24-25)29-26-7-6-15-8-18-14(9-20(15,12-26)13-28)10-23-27(18)17-4-2-16(21)3-5-17/h2-5,8,10-11,13H,6-7,9,12H2,1H3. The lowest BCUT2D eigenvalue weighted by Crippen LogP contribution is -2.45. The average Bonchev–Trinajstić information content (AvgIpc) is 3.32. The zero-order chi connectivity index (χ0) is 20.0. The quantitative estimate of drug-likeness (QED) is 0.487. The van der Waals surface area contributed by atoms with Crippen molar-refractivity contribution in [3.05, 3.63) is 59.3 Å². The highest BCUT2D eigenvalue weighted by Gasteiger charge is 2.43. The Morgan fingerprint density at radius 3 is 2.76 bits per heavy atom. The summed E-state index contributed by atoms with van der Waals surface area (Å²) in [4.78, 5) is 13.8. The van der Waals surface area contributed by atoms with E-state index in [1.54, 1.807) is 25.4 Å². The van der Waals surface area contributed by atoms with Crippen molar-refractivity contribution in [2.45, 2.75) is 17.9 Å². The molecule has 1 atom stereocenters. The topological polar surface area (TPSA) is 68.8 Å². The number of hydrogen-bond acceptors (Lipinski definition) is 6. The van der Waals surface area contributed by atoms with Gasteiger partial charge in [-0.25, -0.2) is 13.4 Å². The molecule has 2 aliphatic rings. The van der Waals surface area contributed by atoms with Gasteiger partial charge in [0, 0.05) is 20.1 Å². The van der Waals surface area contributed by atoms with E-state index in [0.29, 0.717) is 13.0 Å². The second kappa shape index (κ2) is 6.93. The molecule has 1 saturated heterocycles. The van der Waals surface area contributed by atoms with Crippen molar-refractivity contribution >= 4 is 24.3 Å². The lowest BCUT2D eigenvalue weighted by atomic mass is 9.70. The van der Waals surface area contributed by atoms with Crippen molar-refractivity contribution in [2.75, 3.05) is 13.1 Å². The molecule has 29 heavy (non-hydrogen) atoms. The lowest BCUT2D eigenvalue weighted by Gasteiger charge is -2.42. The second-order valence-corrected chi connectivity index (χ2v) is 8.56. The number of piperidine rings is 1. The minimum absolute atomic E-state index is 0.277. The van der Waals surface area contributed by atoms with Crippen molar-refractivity contribution in [3.63, 3.8) is 0 Å². The first kappa shape index (κ1) is 18.3. The van der Waals surface area contributed by atoms with Crippen LogP contribution in [-0.2, 0) is 18.3 Å². The molecule has 2 aromatic heterocycles. The number of hydrogen-bond donors (Lipinski definition) is 0. The molecular weight excluding hydrogens is 391 g/mol. The van der Waals surface area contributed by atoms with Gasteiger partial charge in [0.05, 0.1) is 29.2 Å². The Kier molecular flexibility index (Phi) is 4.36. The number of nitrogens with zero attached hydrogens (tertiary/aromatic N) is 6. The van der Waals surface area contributed by atoms with Crippen LogP contribution in [0.5, 0.6) is 0 Å². The van der Waals surface area contributed by atoms with Crippen molar-refractivity contribution in [1.82, 2.24) is 29.1 Å². The largest absolute Gasteiger partial charge is 0.302 e. The third-order valence-corrected chi connectivity index (χ3v) is 6.47. The van der Waals surface area contributed by atoms with Gasteiger partial charge in [0.2, 0.25) is 0 Å². The average molecular weight is 410 g/mol. The zero-order valence-corrected chi connectivity index (χ0v) is 16.6. The third-order valence-electron chi connectivity index (χ3n) is 5.53. The van der Waals surface area contributed by atoms with Crippen LogP contribution in [0.4, 0.5) is 4.39 Å².